The van der Waals surface area contributed by atoms with Gasteiger partial charge in [-0.25, -0.2) is 8.78 Å². The quantitative estimate of drug-likeness (QED) is 0.859. The molecule has 1 N–H and O–H groups in total. The van der Waals surface area contributed by atoms with Gasteiger partial charge in [-0.1, -0.05) is 0 Å². The summed E-state index contributed by atoms with van der Waals surface area (Å²) in [7, 11) is 0. The van der Waals surface area contributed by atoms with Gasteiger partial charge in [-0.15, -0.1) is 0 Å². The molecule has 0 fully saturated rings. The van der Waals surface area contributed by atoms with Gasteiger partial charge >= 0.3 is 0 Å². The number of carbonyl (C=O) groups is 1. The van der Waals surface area contributed by atoms with Crippen LogP contribution in [0.15, 0.2) is 16.6 Å². The lowest BCUT2D eigenvalue weighted by Gasteiger charge is -2.28. The van der Waals surface area contributed by atoms with E-state index in [1.807, 2.05) is 0 Å². The topological polar surface area (TPSA) is 40.5 Å². The number of aliphatic hydroxyl groups is 1. The van der Waals surface area contributed by atoms with E-state index in [0.717, 1.165) is 12.1 Å². The zero-order valence-electron chi connectivity index (χ0n) is 11.0. The Bertz CT molecular complexity index is 486. The summed E-state index contributed by atoms with van der Waals surface area (Å²) >= 11 is 3.04. The number of hydrogen-bond donors (Lipinski definition) is 1. The summed E-state index contributed by atoms with van der Waals surface area (Å²) in [6.45, 7) is 5.35. The lowest BCUT2D eigenvalue weighted by molar-refractivity contribution is 0.0314. The van der Waals surface area contributed by atoms with Crippen molar-refractivity contribution in [1.82, 2.24) is 4.90 Å². The van der Waals surface area contributed by atoms with Gasteiger partial charge in [0.1, 0.15) is 0 Å². The number of hydrogen-bond acceptors (Lipinski definition) is 2. The Balaban J connectivity index is 3.08. The van der Waals surface area contributed by atoms with Crippen molar-refractivity contribution >= 4 is 21.8 Å². The number of amides is 1. The largest absolute Gasteiger partial charge is 0.389 e. The molecule has 6 heteroatoms. The van der Waals surface area contributed by atoms with Gasteiger partial charge in [-0.2, -0.15) is 0 Å². The Morgan fingerprint density at radius 1 is 1.37 bits per heavy atom. The third-order valence-electron chi connectivity index (χ3n) is 2.49. The standard InChI is InChI=1S/C13H16BrF2NO2/c1-4-17(7-13(2,3)19)12(18)8-5-10(15)11(16)6-9(8)14/h5-6,19H,4,7H2,1-3H3. The van der Waals surface area contributed by atoms with E-state index in [4.69, 9.17) is 0 Å². The summed E-state index contributed by atoms with van der Waals surface area (Å²) in [6, 6.07) is 1.77. The van der Waals surface area contributed by atoms with Gasteiger partial charge in [-0.3, -0.25) is 4.79 Å². The maximum Gasteiger partial charge on any atom is 0.255 e. The predicted octanol–water partition coefficient (Wildman–Crippen LogP) is 2.96. The van der Waals surface area contributed by atoms with Crippen molar-refractivity contribution in [3.8, 4) is 0 Å². The van der Waals surface area contributed by atoms with Crippen molar-refractivity contribution in [2.45, 2.75) is 26.4 Å². The molecular weight excluding hydrogens is 320 g/mol. The van der Waals surface area contributed by atoms with E-state index in [0.29, 0.717) is 6.54 Å². The Hall–Kier alpha value is -1.01. The van der Waals surface area contributed by atoms with Crippen LogP contribution < -0.4 is 0 Å². The van der Waals surface area contributed by atoms with Crippen LogP contribution in [0, 0.1) is 11.6 Å². The SMILES string of the molecule is CCN(CC(C)(C)O)C(=O)c1cc(F)c(F)cc1Br. The fraction of sp³-hybridized carbons (Fsp3) is 0.462. The highest BCUT2D eigenvalue weighted by Gasteiger charge is 2.24. The molecule has 0 aliphatic heterocycles. The van der Waals surface area contributed by atoms with Crippen molar-refractivity contribution in [2.75, 3.05) is 13.1 Å². The number of halogens is 3. The van der Waals surface area contributed by atoms with Crippen LogP contribution >= 0.6 is 15.9 Å². The molecule has 0 unspecified atom stereocenters. The Morgan fingerprint density at radius 2 is 1.89 bits per heavy atom. The number of nitrogens with zero attached hydrogens (tertiary/aromatic N) is 1. The van der Waals surface area contributed by atoms with Gasteiger partial charge in [0.25, 0.3) is 5.91 Å². The van der Waals surface area contributed by atoms with Crippen LogP contribution in [0.5, 0.6) is 0 Å². The van der Waals surface area contributed by atoms with Crippen LogP contribution in [0.3, 0.4) is 0 Å². The molecular formula is C13H16BrF2NO2. The summed E-state index contributed by atoms with van der Waals surface area (Å²) in [5, 5.41) is 9.74. The molecule has 1 aromatic carbocycles. The molecule has 0 aromatic heterocycles. The van der Waals surface area contributed by atoms with Crippen molar-refractivity contribution in [2.24, 2.45) is 0 Å². The highest BCUT2D eigenvalue weighted by molar-refractivity contribution is 9.10. The molecule has 19 heavy (non-hydrogen) atoms. The summed E-state index contributed by atoms with van der Waals surface area (Å²) in [5.74, 6) is -2.56. The number of benzene rings is 1. The number of rotatable bonds is 4. The highest BCUT2D eigenvalue weighted by Crippen LogP contribution is 2.22. The first-order valence-corrected chi connectivity index (χ1v) is 6.61. The van der Waals surface area contributed by atoms with E-state index >= 15 is 0 Å². The third kappa shape index (κ3) is 4.24. The van der Waals surface area contributed by atoms with E-state index in [1.165, 1.54) is 4.90 Å². The van der Waals surface area contributed by atoms with Gasteiger partial charge in [0.15, 0.2) is 11.6 Å². The molecule has 1 amide bonds. The van der Waals surface area contributed by atoms with Crippen molar-refractivity contribution < 1.29 is 18.7 Å². The molecule has 0 radical (unpaired) electrons. The minimum atomic E-state index is -1.08. The zero-order valence-corrected chi connectivity index (χ0v) is 12.6. The first kappa shape index (κ1) is 16.0. The molecule has 0 heterocycles. The molecule has 3 nitrogen and oxygen atoms in total. The average Bonchev–Trinajstić information content (AvgIpc) is 2.28. The van der Waals surface area contributed by atoms with E-state index in [1.54, 1.807) is 20.8 Å². The monoisotopic (exact) mass is 335 g/mol. The lowest BCUT2D eigenvalue weighted by Crippen LogP contribution is -2.42. The minimum absolute atomic E-state index is 0.0324. The summed E-state index contributed by atoms with van der Waals surface area (Å²) in [5.41, 5.74) is -1.03. The number of carbonyl (C=O) groups excluding carboxylic acids is 1. The van der Waals surface area contributed by atoms with Crippen LogP contribution in [0.25, 0.3) is 0 Å². The highest BCUT2D eigenvalue weighted by atomic mass is 79.9. The van der Waals surface area contributed by atoms with Gasteiger partial charge in [0, 0.05) is 17.6 Å². The summed E-state index contributed by atoms with van der Waals surface area (Å²) in [6.07, 6.45) is 0. The van der Waals surface area contributed by atoms with Crippen LogP contribution in [0.1, 0.15) is 31.1 Å². The molecule has 106 valence electrons. The van der Waals surface area contributed by atoms with Crippen molar-refractivity contribution in [3.63, 3.8) is 0 Å². The molecule has 0 saturated carbocycles. The smallest absolute Gasteiger partial charge is 0.255 e. The fourth-order valence-corrected chi connectivity index (χ4v) is 2.14. The summed E-state index contributed by atoms with van der Waals surface area (Å²) < 4.78 is 26.4. The van der Waals surface area contributed by atoms with Gasteiger partial charge in [0.05, 0.1) is 11.2 Å². The summed E-state index contributed by atoms with van der Waals surface area (Å²) in [4.78, 5) is 13.6. The van der Waals surface area contributed by atoms with Gasteiger partial charge < -0.3 is 10.0 Å². The zero-order chi connectivity index (χ0) is 14.8. The molecule has 0 atom stereocenters. The van der Waals surface area contributed by atoms with E-state index < -0.39 is 23.1 Å². The van der Waals surface area contributed by atoms with Crippen LogP contribution in [0.2, 0.25) is 0 Å². The van der Waals surface area contributed by atoms with E-state index in [2.05, 4.69) is 15.9 Å². The second-order valence-electron chi connectivity index (χ2n) is 4.88. The van der Waals surface area contributed by atoms with E-state index in [9.17, 15) is 18.7 Å². The first-order chi connectivity index (χ1) is 8.65. The Kier molecular flexibility index (Phi) is 5.04. The average molecular weight is 336 g/mol. The predicted molar refractivity (Wildman–Crippen MR) is 71.9 cm³/mol. The normalized spacial score (nSPS) is 11.5. The molecule has 0 aliphatic rings. The van der Waals surface area contributed by atoms with Crippen molar-refractivity contribution in [3.05, 3.63) is 33.8 Å². The second kappa shape index (κ2) is 5.96. The molecule has 0 bridgehead atoms. The maximum atomic E-state index is 13.2. The lowest BCUT2D eigenvalue weighted by atomic mass is 10.1. The molecule has 0 saturated heterocycles. The Morgan fingerprint density at radius 3 is 2.37 bits per heavy atom. The maximum absolute atomic E-state index is 13.2. The van der Waals surface area contributed by atoms with E-state index in [-0.39, 0.29) is 16.6 Å². The van der Waals surface area contributed by atoms with Crippen LogP contribution in [-0.4, -0.2) is 34.6 Å². The third-order valence-corrected chi connectivity index (χ3v) is 3.14. The Labute approximate surface area is 119 Å². The van der Waals surface area contributed by atoms with Crippen LogP contribution in [-0.2, 0) is 0 Å². The fourth-order valence-electron chi connectivity index (χ4n) is 1.65. The second-order valence-corrected chi connectivity index (χ2v) is 5.73. The minimum Gasteiger partial charge on any atom is -0.389 e. The molecule has 0 spiro atoms. The number of likely N-dealkylation sites (N-methyl/N-ethyl adjacent to an activating group) is 1. The van der Waals surface area contributed by atoms with Gasteiger partial charge in [0.2, 0.25) is 0 Å². The van der Waals surface area contributed by atoms with Crippen molar-refractivity contribution in [1.29, 1.82) is 0 Å². The first-order valence-electron chi connectivity index (χ1n) is 5.82. The molecule has 1 rings (SSSR count). The van der Waals surface area contributed by atoms with Gasteiger partial charge in [-0.05, 0) is 48.8 Å². The molecule has 1 aromatic rings. The van der Waals surface area contributed by atoms with Crippen LogP contribution in [0.4, 0.5) is 8.78 Å². The molecule has 0 aliphatic carbocycles.